The molecule has 4 aromatic rings. The van der Waals surface area contributed by atoms with Gasteiger partial charge in [-0.1, -0.05) is 0 Å². The van der Waals surface area contributed by atoms with E-state index in [9.17, 15) is 14.3 Å². The first kappa shape index (κ1) is 22.0. The molecule has 176 valence electrons. The smallest absolute Gasteiger partial charge is 0.270 e. The molecule has 0 saturated carbocycles. The lowest BCUT2D eigenvalue weighted by Crippen LogP contribution is -2.43. The fourth-order valence-electron chi connectivity index (χ4n) is 4.19. The maximum atomic E-state index is 14.9. The number of nitrogens with zero attached hydrogens (tertiary/aromatic N) is 5. The monoisotopic (exact) mass is 465 g/mol. The number of halogens is 1. The van der Waals surface area contributed by atoms with Gasteiger partial charge in [-0.05, 0) is 24.3 Å². The van der Waals surface area contributed by atoms with Crippen molar-refractivity contribution in [3.8, 4) is 17.1 Å². The zero-order valence-electron chi connectivity index (χ0n) is 18.5. The Bertz CT molecular complexity index is 1400. The van der Waals surface area contributed by atoms with Gasteiger partial charge in [-0.3, -0.25) is 9.48 Å². The highest BCUT2D eigenvalue weighted by molar-refractivity contribution is 6.06. The first-order chi connectivity index (χ1) is 16.5. The fraction of sp³-hybridized carbons (Fsp3) is 0.304. The SMILES string of the molecule is Cn1cc2cc(-c3nc(C(=O)NCCO)c4cc(N5CCNCC5)ccc4n3)c(O)c(F)c2n1. The van der Waals surface area contributed by atoms with Crippen molar-refractivity contribution in [1.82, 2.24) is 30.4 Å². The van der Waals surface area contributed by atoms with Crippen LogP contribution in [-0.2, 0) is 7.05 Å². The Morgan fingerprint density at radius 2 is 2.03 bits per heavy atom. The van der Waals surface area contributed by atoms with Gasteiger partial charge >= 0.3 is 0 Å². The largest absolute Gasteiger partial charge is 0.504 e. The Morgan fingerprint density at radius 3 is 2.79 bits per heavy atom. The predicted octanol–water partition coefficient (Wildman–Crippen LogP) is 1.16. The van der Waals surface area contributed by atoms with E-state index in [1.165, 1.54) is 4.68 Å². The summed E-state index contributed by atoms with van der Waals surface area (Å²) in [6.45, 7) is 3.21. The second kappa shape index (κ2) is 8.84. The first-order valence-corrected chi connectivity index (χ1v) is 11.0. The van der Waals surface area contributed by atoms with Crippen molar-refractivity contribution in [3.05, 3.63) is 42.0 Å². The summed E-state index contributed by atoms with van der Waals surface area (Å²) >= 11 is 0. The number of benzene rings is 2. The van der Waals surface area contributed by atoms with Crippen LogP contribution >= 0.6 is 0 Å². The lowest BCUT2D eigenvalue weighted by molar-refractivity contribution is 0.0941. The van der Waals surface area contributed by atoms with Crippen molar-refractivity contribution in [2.45, 2.75) is 0 Å². The lowest BCUT2D eigenvalue weighted by atomic mass is 10.1. The minimum Gasteiger partial charge on any atom is -0.504 e. The predicted molar refractivity (Wildman–Crippen MR) is 125 cm³/mol. The van der Waals surface area contributed by atoms with Crippen LogP contribution in [0.4, 0.5) is 10.1 Å². The van der Waals surface area contributed by atoms with Crippen molar-refractivity contribution in [3.63, 3.8) is 0 Å². The molecule has 1 amide bonds. The van der Waals surface area contributed by atoms with Crippen LogP contribution < -0.4 is 15.5 Å². The Hall–Kier alpha value is -3.83. The molecule has 0 unspecified atom stereocenters. The molecular weight excluding hydrogens is 441 g/mol. The highest BCUT2D eigenvalue weighted by Crippen LogP contribution is 2.36. The third-order valence-electron chi connectivity index (χ3n) is 5.84. The zero-order valence-corrected chi connectivity index (χ0v) is 18.5. The molecular formula is C23H24FN7O3. The number of aromatic nitrogens is 4. The average Bonchev–Trinajstić information content (AvgIpc) is 3.24. The van der Waals surface area contributed by atoms with Gasteiger partial charge in [0.05, 0.1) is 17.7 Å². The van der Waals surface area contributed by atoms with E-state index in [1.807, 2.05) is 12.1 Å². The Morgan fingerprint density at radius 1 is 1.24 bits per heavy atom. The fourth-order valence-corrected chi connectivity index (χ4v) is 4.19. The number of piperazine rings is 1. The second-order valence-corrected chi connectivity index (χ2v) is 8.14. The summed E-state index contributed by atoms with van der Waals surface area (Å²) in [5.41, 5.74) is 1.58. The molecule has 2 aromatic heterocycles. The molecule has 0 atom stereocenters. The molecule has 0 bridgehead atoms. The van der Waals surface area contributed by atoms with E-state index >= 15 is 0 Å². The number of aliphatic hydroxyl groups excluding tert-OH is 1. The minimum atomic E-state index is -0.878. The van der Waals surface area contributed by atoms with Crippen LogP contribution in [0.5, 0.6) is 5.75 Å². The Balaban J connectivity index is 1.68. The topological polar surface area (TPSA) is 128 Å². The summed E-state index contributed by atoms with van der Waals surface area (Å²) in [7, 11) is 1.66. The molecule has 1 fully saturated rings. The van der Waals surface area contributed by atoms with Crippen LogP contribution in [0.15, 0.2) is 30.5 Å². The third-order valence-corrected chi connectivity index (χ3v) is 5.84. The summed E-state index contributed by atoms with van der Waals surface area (Å²) in [5, 5.41) is 30.7. The van der Waals surface area contributed by atoms with Crippen LogP contribution in [0.1, 0.15) is 10.5 Å². The number of aromatic hydroxyl groups is 1. The van der Waals surface area contributed by atoms with Crippen molar-refractivity contribution < 1.29 is 19.4 Å². The van der Waals surface area contributed by atoms with Crippen LogP contribution in [0, 0.1) is 5.82 Å². The van der Waals surface area contributed by atoms with Crippen LogP contribution in [0.3, 0.4) is 0 Å². The number of phenols is 1. The summed E-state index contributed by atoms with van der Waals surface area (Å²) in [4.78, 5) is 24.2. The van der Waals surface area contributed by atoms with Gasteiger partial charge in [0.25, 0.3) is 5.91 Å². The maximum Gasteiger partial charge on any atom is 0.270 e. The van der Waals surface area contributed by atoms with Gasteiger partial charge in [0, 0.05) is 62.4 Å². The number of nitrogens with one attached hydrogen (secondary N) is 2. The van der Waals surface area contributed by atoms with Crippen LogP contribution in [0.25, 0.3) is 33.2 Å². The van der Waals surface area contributed by atoms with E-state index in [1.54, 1.807) is 25.4 Å². The summed E-state index contributed by atoms with van der Waals surface area (Å²) < 4.78 is 16.3. The molecule has 3 heterocycles. The van der Waals surface area contributed by atoms with E-state index in [4.69, 9.17) is 5.11 Å². The van der Waals surface area contributed by atoms with Gasteiger partial charge in [0.1, 0.15) is 11.2 Å². The van der Waals surface area contributed by atoms with Crippen molar-refractivity contribution >= 4 is 33.4 Å². The lowest BCUT2D eigenvalue weighted by Gasteiger charge is -2.29. The number of carbonyl (C=O) groups excluding carboxylic acids is 1. The number of phenolic OH excluding ortho intramolecular Hbond substituents is 1. The van der Waals surface area contributed by atoms with Crippen LogP contribution in [-0.4, -0.2) is 75.2 Å². The number of aliphatic hydroxyl groups is 1. The van der Waals surface area contributed by atoms with Gasteiger partial charge < -0.3 is 25.7 Å². The summed E-state index contributed by atoms with van der Waals surface area (Å²) in [6.07, 6.45) is 1.62. The van der Waals surface area contributed by atoms with Gasteiger partial charge in [-0.25, -0.2) is 14.4 Å². The molecule has 2 aromatic carbocycles. The molecule has 1 aliphatic rings. The van der Waals surface area contributed by atoms with Crippen molar-refractivity contribution in [2.75, 3.05) is 44.2 Å². The first-order valence-electron chi connectivity index (χ1n) is 11.0. The third kappa shape index (κ3) is 3.88. The van der Waals surface area contributed by atoms with Crippen LogP contribution in [0.2, 0.25) is 0 Å². The van der Waals surface area contributed by atoms with Gasteiger partial charge in [-0.2, -0.15) is 5.10 Å². The van der Waals surface area contributed by atoms with Crippen molar-refractivity contribution in [2.24, 2.45) is 7.05 Å². The van der Waals surface area contributed by atoms with E-state index in [2.05, 4.69) is 30.6 Å². The number of carbonyl (C=O) groups is 1. The molecule has 0 radical (unpaired) electrons. The Kier molecular flexibility index (Phi) is 5.72. The standard InChI is InChI=1S/C23H24FN7O3/c1-30-12-13-10-16(21(33)18(24)19(13)29-30)22-27-17-3-2-14(31-7-4-25-5-8-31)11-15(17)20(28-22)23(34)26-6-9-32/h2-3,10-12,25,32-33H,4-9H2,1H3,(H,26,34). The summed E-state index contributed by atoms with van der Waals surface area (Å²) in [5.74, 6) is -2.00. The molecule has 4 N–H and O–H groups in total. The highest BCUT2D eigenvalue weighted by atomic mass is 19.1. The minimum absolute atomic E-state index is 0.0127. The number of anilines is 1. The highest BCUT2D eigenvalue weighted by Gasteiger charge is 2.22. The molecule has 5 rings (SSSR count). The number of amides is 1. The van der Waals surface area contributed by atoms with Gasteiger partial charge in [0.2, 0.25) is 0 Å². The number of hydrogen-bond donors (Lipinski definition) is 4. The number of hydrogen-bond acceptors (Lipinski definition) is 8. The second-order valence-electron chi connectivity index (χ2n) is 8.14. The van der Waals surface area contributed by atoms with Gasteiger partial charge in [0.15, 0.2) is 17.4 Å². The average molecular weight is 465 g/mol. The molecule has 1 aliphatic heterocycles. The van der Waals surface area contributed by atoms with Crippen molar-refractivity contribution in [1.29, 1.82) is 0 Å². The quantitative estimate of drug-likeness (QED) is 0.346. The number of rotatable bonds is 5. The number of fused-ring (bicyclic) bond motifs is 2. The number of aryl methyl sites for hydroxylation is 1. The zero-order chi connectivity index (χ0) is 23.8. The molecule has 0 aliphatic carbocycles. The molecule has 10 nitrogen and oxygen atoms in total. The Labute approximate surface area is 194 Å². The molecule has 0 spiro atoms. The molecule has 1 saturated heterocycles. The molecule has 11 heteroatoms. The van der Waals surface area contributed by atoms with Gasteiger partial charge in [-0.15, -0.1) is 0 Å². The normalized spacial score (nSPS) is 14.1. The van der Waals surface area contributed by atoms with E-state index in [-0.39, 0.29) is 35.8 Å². The van der Waals surface area contributed by atoms with E-state index in [0.717, 1.165) is 31.9 Å². The summed E-state index contributed by atoms with van der Waals surface area (Å²) in [6, 6.07) is 7.12. The van der Waals surface area contributed by atoms with E-state index in [0.29, 0.717) is 16.3 Å². The maximum absolute atomic E-state index is 14.9. The molecule has 34 heavy (non-hydrogen) atoms. The van der Waals surface area contributed by atoms with E-state index < -0.39 is 17.5 Å².